The second-order valence-corrected chi connectivity index (χ2v) is 7.72. The van der Waals surface area contributed by atoms with Gasteiger partial charge in [-0.05, 0) is 26.7 Å². The van der Waals surface area contributed by atoms with Crippen molar-refractivity contribution >= 4 is 35.3 Å². The first-order valence-corrected chi connectivity index (χ1v) is 10.2. The van der Waals surface area contributed by atoms with E-state index < -0.39 is 30.6 Å². The molecule has 158 valence electrons. The first-order chi connectivity index (χ1) is 13.3. The molecule has 0 bridgehead atoms. The van der Waals surface area contributed by atoms with E-state index in [2.05, 4.69) is 27.4 Å². The molecule has 0 saturated carbocycles. The van der Waals surface area contributed by atoms with Gasteiger partial charge in [-0.25, -0.2) is 4.79 Å². The average Bonchev–Trinajstić information content (AvgIpc) is 2.81. The number of carbonyl (C=O) groups is 3. The number of allylic oxidation sites excluding steroid dienone is 1. The Morgan fingerprint density at radius 2 is 2.00 bits per heavy atom. The second kappa shape index (κ2) is 12.4. The summed E-state index contributed by atoms with van der Waals surface area (Å²) in [5, 5.41) is 20.6. The van der Waals surface area contributed by atoms with Crippen LogP contribution in [-0.2, 0) is 19.1 Å². The van der Waals surface area contributed by atoms with Crippen LogP contribution >= 0.6 is 11.8 Å². The number of hydrogen-bond acceptors (Lipinski definition) is 8. The van der Waals surface area contributed by atoms with Crippen LogP contribution in [0, 0.1) is 0 Å². The fourth-order valence-corrected chi connectivity index (χ4v) is 3.44. The summed E-state index contributed by atoms with van der Waals surface area (Å²) in [6.07, 6.45) is 3.97. The highest BCUT2D eigenvalue weighted by molar-refractivity contribution is 7.99. The van der Waals surface area contributed by atoms with E-state index in [4.69, 9.17) is 0 Å². The van der Waals surface area contributed by atoms with E-state index >= 15 is 0 Å². The predicted octanol–water partition coefficient (Wildman–Crippen LogP) is 0.250. The number of nitrogens with zero attached hydrogens (tertiary/aromatic N) is 2. The third kappa shape index (κ3) is 8.75. The Balaban J connectivity index is 2.58. The Bertz CT molecular complexity index is 603. The van der Waals surface area contributed by atoms with Crippen molar-refractivity contribution in [3.8, 4) is 0 Å². The number of hydrazone groups is 1. The van der Waals surface area contributed by atoms with Crippen LogP contribution in [0.15, 0.2) is 16.9 Å². The smallest absolute Gasteiger partial charge is 0.330 e. The molecule has 9 nitrogen and oxygen atoms in total. The third-order valence-electron chi connectivity index (χ3n) is 3.98. The summed E-state index contributed by atoms with van der Waals surface area (Å²) in [5.41, 5.74) is 2.34. The van der Waals surface area contributed by atoms with Crippen molar-refractivity contribution in [3.05, 3.63) is 11.8 Å². The lowest BCUT2D eigenvalue weighted by atomic mass is 10.1. The first kappa shape index (κ1) is 24.0. The van der Waals surface area contributed by atoms with Gasteiger partial charge in [-0.1, -0.05) is 5.57 Å². The lowest BCUT2D eigenvalue weighted by Crippen LogP contribution is -2.53. The summed E-state index contributed by atoms with van der Waals surface area (Å²) in [6, 6.07) is -1.99. The van der Waals surface area contributed by atoms with Gasteiger partial charge in [0, 0.05) is 36.9 Å². The van der Waals surface area contributed by atoms with E-state index in [0.717, 1.165) is 18.6 Å². The summed E-state index contributed by atoms with van der Waals surface area (Å²) < 4.78 is 4.53. The molecule has 1 rings (SSSR count). The lowest BCUT2D eigenvalue weighted by molar-refractivity contribution is -0.146. The van der Waals surface area contributed by atoms with Crippen molar-refractivity contribution < 1.29 is 24.2 Å². The molecule has 2 atom stereocenters. The molecule has 1 aliphatic rings. The Morgan fingerprint density at radius 1 is 1.29 bits per heavy atom. The number of esters is 1. The monoisotopic (exact) mass is 414 g/mol. The molecule has 1 heterocycles. The van der Waals surface area contributed by atoms with Gasteiger partial charge >= 0.3 is 5.97 Å². The molecule has 3 N–H and O–H groups in total. The van der Waals surface area contributed by atoms with Gasteiger partial charge in [-0.3, -0.25) is 14.6 Å². The minimum atomic E-state index is -1.17. The van der Waals surface area contributed by atoms with Crippen LogP contribution in [0.25, 0.3) is 0 Å². The quantitative estimate of drug-likeness (QED) is 0.346. The maximum absolute atomic E-state index is 12.4. The summed E-state index contributed by atoms with van der Waals surface area (Å²) in [6.45, 7) is 5.48. The maximum atomic E-state index is 12.4. The van der Waals surface area contributed by atoms with E-state index in [1.54, 1.807) is 0 Å². The van der Waals surface area contributed by atoms with Gasteiger partial charge in [0.1, 0.15) is 6.04 Å². The van der Waals surface area contributed by atoms with E-state index in [-0.39, 0.29) is 5.91 Å². The zero-order chi connectivity index (χ0) is 21.1. The number of aliphatic hydroxyl groups excluding tert-OH is 1. The maximum Gasteiger partial charge on any atom is 0.330 e. The van der Waals surface area contributed by atoms with Crippen molar-refractivity contribution in [2.24, 2.45) is 5.10 Å². The summed E-state index contributed by atoms with van der Waals surface area (Å²) in [5.74, 6) is -0.632. The molecule has 0 aromatic carbocycles. The number of methoxy groups -OCH3 is 1. The van der Waals surface area contributed by atoms with Crippen LogP contribution in [0.3, 0.4) is 0 Å². The van der Waals surface area contributed by atoms with Crippen LogP contribution < -0.4 is 10.6 Å². The fourth-order valence-electron chi connectivity index (χ4n) is 2.49. The normalized spacial score (nSPS) is 16.2. The molecule has 2 amide bonds. The van der Waals surface area contributed by atoms with Gasteiger partial charge in [-0.15, -0.1) is 0 Å². The SMILES string of the molecule is COC(=O)[C@H](CO)NC(=O)[C@H](CSCCN1C=C(C)CCC(C)=N1)NC(C)=O. The molecule has 0 radical (unpaired) electrons. The van der Waals surface area contributed by atoms with Gasteiger partial charge in [-0.2, -0.15) is 16.9 Å². The topological polar surface area (TPSA) is 120 Å². The van der Waals surface area contributed by atoms with Crippen LogP contribution in [-0.4, -0.2) is 77.5 Å². The summed E-state index contributed by atoms with van der Waals surface area (Å²) in [4.78, 5) is 35.3. The van der Waals surface area contributed by atoms with Gasteiger partial charge in [0.2, 0.25) is 11.8 Å². The number of amides is 2. The second-order valence-electron chi connectivity index (χ2n) is 6.57. The largest absolute Gasteiger partial charge is 0.467 e. The van der Waals surface area contributed by atoms with Crippen molar-refractivity contribution in [1.29, 1.82) is 0 Å². The molecule has 0 fully saturated rings. The third-order valence-corrected chi connectivity index (χ3v) is 5.02. The van der Waals surface area contributed by atoms with Crippen molar-refractivity contribution in [2.75, 3.05) is 31.8 Å². The number of nitrogens with one attached hydrogen (secondary N) is 2. The summed E-state index contributed by atoms with van der Waals surface area (Å²) >= 11 is 1.49. The number of aliphatic hydroxyl groups is 1. The Hall–Kier alpha value is -2.07. The zero-order valence-corrected chi connectivity index (χ0v) is 17.7. The highest BCUT2D eigenvalue weighted by Crippen LogP contribution is 2.14. The summed E-state index contributed by atoms with van der Waals surface area (Å²) in [7, 11) is 1.17. The van der Waals surface area contributed by atoms with Crippen molar-refractivity contribution in [3.63, 3.8) is 0 Å². The molecule has 0 aromatic rings. The Kier molecular flexibility index (Phi) is 10.6. The molecule has 0 saturated heterocycles. The molecule has 28 heavy (non-hydrogen) atoms. The molecular weight excluding hydrogens is 384 g/mol. The average molecular weight is 415 g/mol. The number of thioether (sulfide) groups is 1. The van der Waals surface area contributed by atoms with Crippen LogP contribution in [0.1, 0.15) is 33.6 Å². The molecule has 0 spiro atoms. The van der Waals surface area contributed by atoms with Gasteiger partial charge in [0.05, 0.1) is 13.7 Å². The number of carbonyl (C=O) groups excluding carboxylic acids is 3. The molecule has 0 unspecified atom stereocenters. The van der Waals surface area contributed by atoms with Gasteiger partial charge < -0.3 is 20.5 Å². The minimum Gasteiger partial charge on any atom is -0.467 e. The van der Waals surface area contributed by atoms with E-state index in [1.165, 1.54) is 31.4 Å². The van der Waals surface area contributed by atoms with E-state index in [9.17, 15) is 19.5 Å². The minimum absolute atomic E-state index is 0.323. The van der Waals surface area contributed by atoms with Crippen molar-refractivity contribution in [1.82, 2.24) is 15.6 Å². The Morgan fingerprint density at radius 3 is 2.61 bits per heavy atom. The molecule has 10 heteroatoms. The van der Waals surface area contributed by atoms with Crippen LogP contribution in [0.2, 0.25) is 0 Å². The molecule has 1 aliphatic heterocycles. The molecule has 0 aliphatic carbocycles. The first-order valence-electron chi connectivity index (χ1n) is 9.08. The number of rotatable bonds is 10. The predicted molar refractivity (Wildman–Crippen MR) is 109 cm³/mol. The number of hydrogen-bond donors (Lipinski definition) is 3. The Labute approximate surface area is 169 Å². The van der Waals surface area contributed by atoms with E-state index in [1.807, 2.05) is 18.1 Å². The molecule has 0 aromatic heterocycles. The van der Waals surface area contributed by atoms with Crippen LogP contribution in [0.5, 0.6) is 0 Å². The highest BCUT2D eigenvalue weighted by Gasteiger charge is 2.26. The van der Waals surface area contributed by atoms with Gasteiger partial charge in [0.15, 0.2) is 6.04 Å². The highest BCUT2D eigenvalue weighted by atomic mass is 32.2. The standard InChI is InChI=1S/C18H30N4O5S/c1-12-5-6-13(2)21-22(9-12)7-8-28-11-16(19-14(3)24)17(25)20-15(10-23)18(26)27-4/h9,15-16,23H,5-8,10-11H2,1-4H3,(H,19,24)(H,20,25)/t15-,16-/m0/s1. The number of ether oxygens (including phenoxy) is 1. The van der Waals surface area contributed by atoms with Crippen molar-refractivity contribution in [2.45, 2.75) is 45.7 Å². The van der Waals surface area contributed by atoms with Crippen LogP contribution in [0.4, 0.5) is 0 Å². The van der Waals surface area contributed by atoms with E-state index in [0.29, 0.717) is 18.1 Å². The van der Waals surface area contributed by atoms with Gasteiger partial charge in [0.25, 0.3) is 0 Å². The molecular formula is C18H30N4O5S. The zero-order valence-electron chi connectivity index (χ0n) is 16.9. The lowest BCUT2D eigenvalue weighted by Gasteiger charge is -2.21. The fraction of sp³-hybridized carbons (Fsp3) is 0.667.